The van der Waals surface area contributed by atoms with E-state index in [1.807, 2.05) is 46.4 Å². The topological polar surface area (TPSA) is 59.1 Å². The van der Waals surface area contributed by atoms with Crippen LogP contribution in [0.1, 0.15) is 91.7 Å². The van der Waals surface area contributed by atoms with Crippen molar-refractivity contribution in [2.45, 2.75) is 105 Å². The van der Waals surface area contributed by atoms with Crippen LogP contribution in [0.2, 0.25) is 0 Å². The zero-order valence-corrected chi connectivity index (χ0v) is 23.9. The second kappa shape index (κ2) is 11.0. The molecule has 2 fully saturated rings. The molecular weight excluding hydrogens is 452 g/mol. The number of piperidine rings is 2. The summed E-state index contributed by atoms with van der Waals surface area (Å²) in [7, 11) is 0. The van der Waals surface area contributed by atoms with Gasteiger partial charge in [0.15, 0.2) is 0 Å². The molecule has 2 aliphatic heterocycles. The lowest BCUT2D eigenvalue weighted by Gasteiger charge is -2.40. The summed E-state index contributed by atoms with van der Waals surface area (Å²) in [5, 5.41) is 0. The Labute approximate surface area is 218 Å². The standard InChI is InChI=1S/C30H48N2O4/c1-22-9-10-23(11-14-30(8)15-19-32(20-16-30)27(34)36-29(5,6)7)25(21-22)31-17-12-24(13-18-31)26(33)35-28(2,3)4/h9-10,21,24H,11-20H2,1-8H3. The zero-order valence-electron chi connectivity index (χ0n) is 23.9. The lowest BCUT2D eigenvalue weighted by Crippen LogP contribution is -2.44. The number of amides is 1. The molecular formula is C30H48N2O4. The zero-order chi connectivity index (χ0) is 26.7. The van der Waals surface area contributed by atoms with Crippen molar-refractivity contribution in [3.63, 3.8) is 0 Å². The molecule has 0 spiro atoms. The molecule has 1 aromatic rings. The van der Waals surface area contributed by atoms with Gasteiger partial charge >= 0.3 is 12.1 Å². The first kappa shape index (κ1) is 28.3. The normalized spacial score (nSPS) is 19.2. The van der Waals surface area contributed by atoms with Gasteiger partial charge in [-0.25, -0.2) is 4.79 Å². The van der Waals surface area contributed by atoms with E-state index >= 15 is 0 Å². The van der Waals surface area contributed by atoms with Gasteiger partial charge < -0.3 is 19.3 Å². The average molecular weight is 501 g/mol. The van der Waals surface area contributed by atoms with Crippen molar-refractivity contribution >= 4 is 17.7 Å². The van der Waals surface area contributed by atoms with Crippen LogP contribution in [0.3, 0.4) is 0 Å². The smallest absolute Gasteiger partial charge is 0.410 e. The minimum absolute atomic E-state index is 0.0113. The van der Waals surface area contributed by atoms with Gasteiger partial charge in [0, 0.05) is 31.9 Å². The van der Waals surface area contributed by atoms with Gasteiger partial charge in [-0.1, -0.05) is 19.1 Å². The van der Waals surface area contributed by atoms with E-state index in [0.717, 1.165) is 64.7 Å². The predicted octanol–water partition coefficient (Wildman–Crippen LogP) is 6.52. The summed E-state index contributed by atoms with van der Waals surface area (Å²) in [5.74, 6) is -0.0694. The van der Waals surface area contributed by atoms with E-state index in [-0.39, 0.29) is 23.4 Å². The van der Waals surface area contributed by atoms with Crippen LogP contribution >= 0.6 is 0 Å². The Morgan fingerprint density at radius 2 is 1.53 bits per heavy atom. The van der Waals surface area contributed by atoms with Crippen LogP contribution in [0.25, 0.3) is 0 Å². The third-order valence-electron chi connectivity index (χ3n) is 7.44. The van der Waals surface area contributed by atoms with Gasteiger partial charge in [0.05, 0.1) is 5.92 Å². The summed E-state index contributed by atoms with van der Waals surface area (Å²) in [6.45, 7) is 19.3. The Hall–Kier alpha value is -2.24. The number of benzene rings is 1. The molecule has 0 bridgehead atoms. The first-order valence-corrected chi connectivity index (χ1v) is 13.7. The highest BCUT2D eigenvalue weighted by atomic mass is 16.6. The number of nitrogens with zero attached hydrogens (tertiary/aromatic N) is 2. The monoisotopic (exact) mass is 500 g/mol. The summed E-state index contributed by atoms with van der Waals surface area (Å²) < 4.78 is 11.2. The maximum absolute atomic E-state index is 12.6. The highest BCUT2D eigenvalue weighted by Gasteiger charge is 2.34. The SMILES string of the molecule is Cc1ccc(CCC2(C)CCN(C(=O)OC(C)(C)C)CC2)c(N2CCC(C(=O)OC(C)(C)C)CC2)c1. The van der Waals surface area contributed by atoms with Crippen molar-refractivity contribution in [3.05, 3.63) is 29.3 Å². The Morgan fingerprint density at radius 1 is 0.944 bits per heavy atom. The molecule has 0 atom stereocenters. The maximum Gasteiger partial charge on any atom is 0.410 e. The third-order valence-corrected chi connectivity index (χ3v) is 7.44. The van der Waals surface area contributed by atoms with E-state index in [9.17, 15) is 9.59 Å². The van der Waals surface area contributed by atoms with Crippen molar-refractivity contribution in [2.75, 3.05) is 31.1 Å². The lowest BCUT2D eigenvalue weighted by molar-refractivity contribution is -0.160. The fraction of sp³-hybridized carbons (Fsp3) is 0.733. The van der Waals surface area contributed by atoms with Crippen molar-refractivity contribution in [1.82, 2.24) is 4.90 Å². The number of hydrogen-bond donors (Lipinski definition) is 0. The molecule has 1 aromatic carbocycles. The fourth-order valence-electron chi connectivity index (χ4n) is 5.16. The fourth-order valence-corrected chi connectivity index (χ4v) is 5.16. The van der Waals surface area contributed by atoms with Crippen LogP contribution in [0.15, 0.2) is 18.2 Å². The van der Waals surface area contributed by atoms with Gasteiger partial charge in [-0.2, -0.15) is 0 Å². The first-order chi connectivity index (χ1) is 16.6. The quantitative estimate of drug-likeness (QED) is 0.431. The average Bonchev–Trinajstić information content (AvgIpc) is 2.76. The summed E-state index contributed by atoms with van der Waals surface area (Å²) in [6, 6.07) is 6.79. The molecule has 36 heavy (non-hydrogen) atoms. The maximum atomic E-state index is 12.6. The van der Waals surface area contributed by atoms with Crippen molar-refractivity contribution < 1.29 is 19.1 Å². The second-order valence-electron chi connectivity index (χ2n) is 13.2. The molecule has 2 saturated heterocycles. The number of carbonyl (C=O) groups is 2. The van der Waals surface area contributed by atoms with E-state index in [4.69, 9.17) is 9.47 Å². The molecule has 0 saturated carbocycles. The summed E-state index contributed by atoms with van der Waals surface area (Å²) >= 11 is 0. The van der Waals surface area contributed by atoms with E-state index in [1.165, 1.54) is 16.8 Å². The number of hydrogen-bond acceptors (Lipinski definition) is 5. The molecule has 0 aliphatic carbocycles. The summed E-state index contributed by atoms with van der Waals surface area (Å²) in [5.41, 5.74) is 3.28. The molecule has 1 amide bonds. The first-order valence-electron chi connectivity index (χ1n) is 13.7. The number of ether oxygens (including phenoxy) is 2. The van der Waals surface area contributed by atoms with Gasteiger partial charge in [-0.15, -0.1) is 0 Å². The number of rotatable bonds is 5. The molecule has 6 nitrogen and oxygen atoms in total. The predicted molar refractivity (Wildman–Crippen MR) is 145 cm³/mol. The minimum atomic E-state index is -0.457. The molecule has 2 aliphatic rings. The van der Waals surface area contributed by atoms with Crippen LogP contribution in [-0.2, 0) is 20.7 Å². The highest BCUT2D eigenvalue weighted by Crippen LogP contribution is 2.38. The summed E-state index contributed by atoms with van der Waals surface area (Å²) in [4.78, 5) is 29.3. The van der Waals surface area contributed by atoms with E-state index in [2.05, 4.69) is 36.9 Å². The van der Waals surface area contributed by atoms with Crippen LogP contribution in [0, 0.1) is 18.3 Å². The van der Waals surface area contributed by atoms with Gasteiger partial charge in [0.2, 0.25) is 0 Å². The van der Waals surface area contributed by atoms with Gasteiger partial charge in [-0.05, 0) is 110 Å². The van der Waals surface area contributed by atoms with Crippen molar-refractivity contribution in [1.29, 1.82) is 0 Å². The number of anilines is 1. The number of aryl methyl sites for hydroxylation is 2. The van der Waals surface area contributed by atoms with Crippen LogP contribution in [0.4, 0.5) is 10.5 Å². The minimum Gasteiger partial charge on any atom is -0.460 e. The van der Waals surface area contributed by atoms with E-state index in [0.29, 0.717) is 0 Å². The molecule has 202 valence electrons. The van der Waals surface area contributed by atoms with Gasteiger partial charge in [0.1, 0.15) is 11.2 Å². The Kier molecular flexibility index (Phi) is 8.67. The van der Waals surface area contributed by atoms with Crippen LogP contribution in [0.5, 0.6) is 0 Å². The van der Waals surface area contributed by atoms with Crippen molar-refractivity contribution in [3.8, 4) is 0 Å². The molecule has 0 N–H and O–H groups in total. The number of esters is 1. The third kappa shape index (κ3) is 8.14. The summed E-state index contributed by atoms with van der Waals surface area (Å²) in [6.07, 6.45) is 5.58. The number of carbonyl (C=O) groups excluding carboxylic acids is 2. The second-order valence-corrected chi connectivity index (χ2v) is 13.2. The largest absolute Gasteiger partial charge is 0.460 e. The highest BCUT2D eigenvalue weighted by molar-refractivity contribution is 5.73. The molecule has 0 unspecified atom stereocenters. The Balaban J connectivity index is 1.57. The molecule has 6 heteroatoms. The van der Waals surface area contributed by atoms with Gasteiger partial charge in [-0.3, -0.25) is 4.79 Å². The molecule has 2 heterocycles. The van der Waals surface area contributed by atoms with Gasteiger partial charge in [0.25, 0.3) is 0 Å². The van der Waals surface area contributed by atoms with E-state index < -0.39 is 11.2 Å². The Morgan fingerprint density at radius 3 is 2.08 bits per heavy atom. The Bertz CT molecular complexity index is 912. The van der Waals surface area contributed by atoms with Crippen molar-refractivity contribution in [2.24, 2.45) is 11.3 Å². The van der Waals surface area contributed by atoms with Crippen LogP contribution < -0.4 is 4.90 Å². The van der Waals surface area contributed by atoms with Crippen LogP contribution in [-0.4, -0.2) is 54.3 Å². The lowest BCUT2D eigenvalue weighted by atomic mass is 9.76. The molecule has 0 aromatic heterocycles. The molecule has 0 radical (unpaired) electrons. The number of likely N-dealkylation sites (tertiary alicyclic amines) is 1. The molecule has 3 rings (SSSR count). The van der Waals surface area contributed by atoms with E-state index in [1.54, 1.807) is 0 Å².